The van der Waals surface area contributed by atoms with Gasteiger partial charge in [0.15, 0.2) is 0 Å². The first-order chi connectivity index (χ1) is 10.0. The zero-order chi connectivity index (χ0) is 15.0. The molecular weight excluding hydrogens is 294 g/mol. The summed E-state index contributed by atoms with van der Waals surface area (Å²) in [5.41, 5.74) is 0.0472. The summed E-state index contributed by atoms with van der Waals surface area (Å²) in [5.74, 6) is 0.631. The predicted octanol–water partition coefficient (Wildman–Crippen LogP) is 1.63. The molecule has 106 valence electrons. The fraction of sp³-hybridized carbons (Fsp3) is 0.0769. The second-order valence-electron chi connectivity index (χ2n) is 4.37. The van der Waals surface area contributed by atoms with E-state index in [1.165, 1.54) is 10.6 Å². The number of aromatic nitrogens is 4. The van der Waals surface area contributed by atoms with E-state index in [4.69, 9.17) is 11.6 Å². The van der Waals surface area contributed by atoms with Crippen molar-refractivity contribution in [2.45, 2.75) is 6.92 Å². The molecule has 7 nitrogen and oxygen atoms in total. The van der Waals surface area contributed by atoms with Crippen LogP contribution in [0.3, 0.4) is 0 Å². The molecule has 2 N–H and O–H groups in total. The lowest BCUT2D eigenvalue weighted by atomic mass is 10.2. The summed E-state index contributed by atoms with van der Waals surface area (Å²) in [6.07, 6.45) is 0. The standard InChI is InChI=1S/C13H10ClN5O2/c1-7-15-13-17-11(20)6-10(19(13)18-7)16-12(21)8-2-4-9(14)5-3-8/h2-6H,1H3,(H,16,21)(H,15,17,18,20). The molecule has 0 radical (unpaired) electrons. The van der Waals surface area contributed by atoms with E-state index >= 15 is 0 Å². The summed E-state index contributed by atoms with van der Waals surface area (Å²) >= 11 is 5.78. The van der Waals surface area contributed by atoms with Crippen LogP contribution in [0.15, 0.2) is 35.1 Å². The Bertz CT molecular complexity index is 882. The molecule has 0 spiro atoms. The number of aromatic amines is 1. The number of aryl methyl sites for hydroxylation is 1. The van der Waals surface area contributed by atoms with E-state index in [1.807, 2.05) is 0 Å². The van der Waals surface area contributed by atoms with Gasteiger partial charge in [-0.3, -0.25) is 14.6 Å². The van der Waals surface area contributed by atoms with Gasteiger partial charge < -0.3 is 5.32 Å². The zero-order valence-electron chi connectivity index (χ0n) is 10.9. The summed E-state index contributed by atoms with van der Waals surface area (Å²) in [5, 5.41) is 7.29. The first-order valence-corrected chi connectivity index (χ1v) is 6.44. The Morgan fingerprint density at radius 2 is 2.05 bits per heavy atom. The maximum Gasteiger partial charge on any atom is 0.256 e. The number of nitrogens with zero attached hydrogens (tertiary/aromatic N) is 3. The van der Waals surface area contributed by atoms with Gasteiger partial charge in [0.05, 0.1) is 0 Å². The van der Waals surface area contributed by atoms with Crippen molar-refractivity contribution in [1.29, 1.82) is 0 Å². The highest BCUT2D eigenvalue weighted by Gasteiger charge is 2.11. The quantitative estimate of drug-likeness (QED) is 0.752. The molecule has 3 rings (SSSR count). The second-order valence-corrected chi connectivity index (χ2v) is 4.81. The van der Waals surface area contributed by atoms with Crippen LogP contribution >= 0.6 is 11.6 Å². The van der Waals surface area contributed by atoms with Gasteiger partial charge in [0, 0.05) is 16.7 Å². The summed E-state index contributed by atoms with van der Waals surface area (Å²) in [4.78, 5) is 30.3. The first-order valence-electron chi connectivity index (χ1n) is 6.06. The summed E-state index contributed by atoms with van der Waals surface area (Å²) < 4.78 is 1.37. The molecule has 1 aromatic carbocycles. The fourth-order valence-electron chi connectivity index (χ4n) is 1.87. The SMILES string of the molecule is Cc1nc2[nH]c(=O)cc(NC(=O)c3ccc(Cl)cc3)n2n1. The number of hydrogen-bond donors (Lipinski definition) is 2. The molecule has 0 atom stereocenters. The van der Waals surface area contributed by atoms with Crippen molar-refractivity contribution in [3.05, 3.63) is 57.1 Å². The summed E-state index contributed by atoms with van der Waals surface area (Å²) in [6.45, 7) is 1.69. The van der Waals surface area contributed by atoms with Gasteiger partial charge in [-0.1, -0.05) is 11.6 Å². The van der Waals surface area contributed by atoms with Crippen molar-refractivity contribution in [2.24, 2.45) is 0 Å². The Hall–Kier alpha value is -2.67. The van der Waals surface area contributed by atoms with E-state index in [-0.39, 0.29) is 23.1 Å². The Balaban J connectivity index is 1.99. The lowest BCUT2D eigenvalue weighted by molar-refractivity contribution is 0.102. The molecule has 2 heterocycles. The molecule has 8 heteroatoms. The topological polar surface area (TPSA) is 92.1 Å². The van der Waals surface area contributed by atoms with Crippen LogP contribution in [0.4, 0.5) is 5.82 Å². The van der Waals surface area contributed by atoms with E-state index in [0.29, 0.717) is 16.4 Å². The van der Waals surface area contributed by atoms with Crippen LogP contribution in [-0.2, 0) is 0 Å². The third-order valence-electron chi connectivity index (χ3n) is 2.79. The van der Waals surface area contributed by atoms with E-state index in [1.54, 1.807) is 31.2 Å². The molecule has 3 aromatic rings. The summed E-state index contributed by atoms with van der Waals surface area (Å²) in [6, 6.07) is 7.66. The Kier molecular flexibility index (Phi) is 3.19. The molecule has 0 unspecified atom stereocenters. The molecule has 0 fully saturated rings. The Morgan fingerprint density at radius 3 is 2.76 bits per heavy atom. The van der Waals surface area contributed by atoms with Crippen LogP contribution in [0, 0.1) is 6.92 Å². The van der Waals surface area contributed by atoms with Gasteiger partial charge >= 0.3 is 0 Å². The third-order valence-corrected chi connectivity index (χ3v) is 3.04. The van der Waals surface area contributed by atoms with E-state index in [0.717, 1.165) is 0 Å². The molecule has 0 aliphatic heterocycles. The van der Waals surface area contributed by atoms with Gasteiger partial charge in [0.1, 0.15) is 11.6 Å². The first kappa shape index (κ1) is 13.3. The number of benzene rings is 1. The molecule has 0 saturated heterocycles. The number of anilines is 1. The number of hydrogen-bond acceptors (Lipinski definition) is 4. The highest BCUT2D eigenvalue weighted by molar-refractivity contribution is 6.30. The normalized spacial score (nSPS) is 10.8. The smallest absolute Gasteiger partial charge is 0.256 e. The van der Waals surface area contributed by atoms with Crippen LogP contribution in [0.5, 0.6) is 0 Å². The van der Waals surface area contributed by atoms with Crippen molar-refractivity contribution in [2.75, 3.05) is 5.32 Å². The highest BCUT2D eigenvalue weighted by atomic mass is 35.5. The van der Waals surface area contributed by atoms with Gasteiger partial charge in [-0.15, -0.1) is 5.10 Å². The molecular formula is C13H10ClN5O2. The van der Waals surface area contributed by atoms with E-state index in [2.05, 4.69) is 20.4 Å². The van der Waals surface area contributed by atoms with Crippen molar-refractivity contribution in [1.82, 2.24) is 19.6 Å². The van der Waals surface area contributed by atoms with Crippen molar-refractivity contribution in [3.63, 3.8) is 0 Å². The minimum Gasteiger partial charge on any atom is -0.306 e. The number of fused-ring (bicyclic) bond motifs is 1. The van der Waals surface area contributed by atoms with Gasteiger partial charge in [0.25, 0.3) is 11.5 Å². The average molecular weight is 304 g/mol. The van der Waals surface area contributed by atoms with Crippen LogP contribution in [0.25, 0.3) is 5.78 Å². The van der Waals surface area contributed by atoms with Gasteiger partial charge in [-0.2, -0.15) is 9.50 Å². The minimum atomic E-state index is -0.374. The van der Waals surface area contributed by atoms with Crippen molar-refractivity contribution >= 4 is 29.1 Å². The van der Waals surface area contributed by atoms with Gasteiger partial charge in [-0.05, 0) is 31.2 Å². The lowest BCUT2D eigenvalue weighted by Crippen LogP contribution is -2.18. The molecule has 0 saturated carbocycles. The van der Waals surface area contributed by atoms with Crippen LogP contribution in [-0.4, -0.2) is 25.5 Å². The van der Waals surface area contributed by atoms with Gasteiger partial charge in [0.2, 0.25) is 5.78 Å². The summed E-state index contributed by atoms with van der Waals surface area (Å²) in [7, 11) is 0. The van der Waals surface area contributed by atoms with Gasteiger partial charge in [-0.25, -0.2) is 0 Å². The average Bonchev–Trinajstić information content (AvgIpc) is 2.79. The molecule has 21 heavy (non-hydrogen) atoms. The molecule has 2 aromatic heterocycles. The maximum absolute atomic E-state index is 12.2. The van der Waals surface area contributed by atoms with E-state index < -0.39 is 0 Å². The number of H-pyrrole nitrogens is 1. The number of halogens is 1. The second kappa shape index (κ2) is 5.02. The lowest BCUT2D eigenvalue weighted by Gasteiger charge is -2.06. The van der Waals surface area contributed by atoms with Crippen molar-refractivity contribution < 1.29 is 4.79 Å². The van der Waals surface area contributed by atoms with E-state index in [9.17, 15) is 9.59 Å². The number of nitrogens with one attached hydrogen (secondary N) is 2. The predicted molar refractivity (Wildman–Crippen MR) is 77.7 cm³/mol. The Morgan fingerprint density at radius 1 is 1.33 bits per heavy atom. The Labute approximate surface area is 123 Å². The van der Waals surface area contributed by atoms with Crippen molar-refractivity contribution in [3.8, 4) is 0 Å². The maximum atomic E-state index is 12.2. The molecule has 0 aliphatic rings. The number of carbonyl (C=O) groups is 1. The number of amides is 1. The number of rotatable bonds is 2. The monoisotopic (exact) mass is 303 g/mol. The molecule has 1 amide bonds. The zero-order valence-corrected chi connectivity index (χ0v) is 11.7. The highest BCUT2D eigenvalue weighted by Crippen LogP contribution is 2.12. The van der Waals surface area contributed by atoms with Crippen LogP contribution in [0.2, 0.25) is 5.02 Å². The van der Waals surface area contributed by atoms with Crippen LogP contribution in [0.1, 0.15) is 16.2 Å². The van der Waals surface area contributed by atoms with Crippen LogP contribution < -0.4 is 10.9 Å². The molecule has 0 bridgehead atoms. The third kappa shape index (κ3) is 2.63. The fourth-order valence-corrected chi connectivity index (χ4v) is 2.00. The number of carbonyl (C=O) groups excluding carboxylic acids is 1. The molecule has 0 aliphatic carbocycles. The minimum absolute atomic E-state index is 0.245. The largest absolute Gasteiger partial charge is 0.306 e.